The molecule has 2 heterocycles. The van der Waals surface area contributed by atoms with Gasteiger partial charge >= 0.3 is 0 Å². The molecule has 1 atom stereocenters. The Bertz CT molecular complexity index is 579. The minimum atomic E-state index is -3.61. The van der Waals surface area contributed by atoms with E-state index in [4.69, 9.17) is 11.6 Å². The van der Waals surface area contributed by atoms with Crippen molar-refractivity contribution in [2.24, 2.45) is 5.92 Å². The molecule has 0 saturated carbocycles. The molecule has 20 heavy (non-hydrogen) atoms. The van der Waals surface area contributed by atoms with Gasteiger partial charge in [0.05, 0.1) is 5.02 Å². The van der Waals surface area contributed by atoms with Crippen LogP contribution in [0, 0.1) is 5.92 Å². The van der Waals surface area contributed by atoms with E-state index in [9.17, 15) is 13.5 Å². The van der Waals surface area contributed by atoms with Crippen LogP contribution in [-0.4, -0.2) is 49.6 Å². The van der Waals surface area contributed by atoms with Crippen LogP contribution in [-0.2, 0) is 10.0 Å². The maximum absolute atomic E-state index is 12.5. The summed E-state index contributed by atoms with van der Waals surface area (Å²) in [6.45, 7) is 0.804. The Hall–Kier alpha value is -0.890. The number of anilines is 1. The summed E-state index contributed by atoms with van der Waals surface area (Å²) in [4.78, 5) is 4.08. The second-order valence-electron chi connectivity index (χ2n) is 4.81. The summed E-state index contributed by atoms with van der Waals surface area (Å²) < 4.78 is 26.4. The zero-order chi connectivity index (χ0) is 14.8. The molecule has 0 aliphatic carbocycles. The van der Waals surface area contributed by atoms with Crippen LogP contribution >= 0.6 is 11.6 Å². The third-order valence-electron chi connectivity index (χ3n) is 3.43. The Morgan fingerprint density at radius 2 is 2.35 bits per heavy atom. The van der Waals surface area contributed by atoms with E-state index in [0.717, 1.165) is 12.8 Å². The molecule has 112 valence electrons. The Morgan fingerprint density at radius 1 is 1.60 bits per heavy atom. The van der Waals surface area contributed by atoms with E-state index in [1.54, 1.807) is 7.05 Å². The van der Waals surface area contributed by atoms with Crippen LogP contribution in [0.2, 0.25) is 5.02 Å². The van der Waals surface area contributed by atoms with Gasteiger partial charge in [0, 0.05) is 32.9 Å². The van der Waals surface area contributed by atoms with Gasteiger partial charge in [-0.15, -0.1) is 0 Å². The first kappa shape index (κ1) is 15.5. The molecule has 0 spiro atoms. The number of rotatable bonds is 4. The van der Waals surface area contributed by atoms with Crippen molar-refractivity contribution in [2.45, 2.75) is 17.7 Å². The SMILES string of the molecule is CNc1ncc(S(=O)(=O)N2CCCC(CO)C2)cc1Cl. The number of aromatic nitrogens is 1. The van der Waals surface area contributed by atoms with Crippen LogP contribution in [0.15, 0.2) is 17.2 Å². The molecular weight excluding hydrogens is 302 g/mol. The Morgan fingerprint density at radius 3 is 2.95 bits per heavy atom. The Balaban J connectivity index is 2.28. The van der Waals surface area contributed by atoms with Gasteiger partial charge in [0.25, 0.3) is 0 Å². The molecule has 1 saturated heterocycles. The molecule has 1 unspecified atom stereocenters. The molecule has 0 aromatic carbocycles. The van der Waals surface area contributed by atoms with Crippen LogP contribution in [0.3, 0.4) is 0 Å². The Labute approximate surface area is 123 Å². The van der Waals surface area contributed by atoms with Crippen molar-refractivity contribution >= 4 is 27.4 Å². The summed E-state index contributed by atoms with van der Waals surface area (Å²) in [5.74, 6) is 0.441. The van der Waals surface area contributed by atoms with E-state index in [1.165, 1.54) is 16.6 Å². The molecule has 0 bridgehead atoms. The zero-order valence-electron chi connectivity index (χ0n) is 11.2. The summed E-state index contributed by atoms with van der Waals surface area (Å²) in [6, 6.07) is 1.40. The van der Waals surface area contributed by atoms with Crippen molar-refractivity contribution in [3.8, 4) is 0 Å². The highest BCUT2D eigenvalue weighted by Crippen LogP contribution is 2.27. The van der Waals surface area contributed by atoms with E-state index >= 15 is 0 Å². The van der Waals surface area contributed by atoms with Crippen molar-refractivity contribution in [2.75, 3.05) is 32.1 Å². The predicted octanol–water partition coefficient (Wildman–Crippen LogP) is 1.17. The zero-order valence-corrected chi connectivity index (χ0v) is 12.8. The number of aliphatic hydroxyl groups excluding tert-OH is 1. The number of halogens is 1. The van der Waals surface area contributed by atoms with Crippen molar-refractivity contribution in [3.05, 3.63) is 17.3 Å². The van der Waals surface area contributed by atoms with Crippen LogP contribution in [0.5, 0.6) is 0 Å². The van der Waals surface area contributed by atoms with Gasteiger partial charge in [0.15, 0.2) is 0 Å². The average Bonchev–Trinajstić information content (AvgIpc) is 2.47. The van der Waals surface area contributed by atoms with Crippen molar-refractivity contribution in [3.63, 3.8) is 0 Å². The second-order valence-corrected chi connectivity index (χ2v) is 7.15. The molecule has 0 radical (unpaired) electrons. The van der Waals surface area contributed by atoms with Gasteiger partial charge in [-0.05, 0) is 24.8 Å². The van der Waals surface area contributed by atoms with E-state index in [1.807, 2.05) is 0 Å². The van der Waals surface area contributed by atoms with Gasteiger partial charge in [-0.2, -0.15) is 4.31 Å². The smallest absolute Gasteiger partial charge is 0.244 e. The van der Waals surface area contributed by atoms with Gasteiger partial charge in [0.1, 0.15) is 10.7 Å². The van der Waals surface area contributed by atoms with Crippen molar-refractivity contribution in [1.82, 2.24) is 9.29 Å². The number of hydrogen-bond donors (Lipinski definition) is 2. The molecule has 1 aromatic heterocycles. The molecule has 1 aliphatic rings. The monoisotopic (exact) mass is 319 g/mol. The van der Waals surface area contributed by atoms with Gasteiger partial charge in [-0.1, -0.05) is 11.6 Å². The number of hydrogen-bond acceptors (Lipinski definition) is 5. The molecule has 2 N–H and O–H groups in total. The third kappa shape index (κ3) is 3.06. The average molecular weight is 320 g/mol. The number of nitrogens with zero attached hydrogens (tertiary/aromatic N) is 2. The minimum absolute atomic E-state index is 0.00135. The largest absolute Gasteiger partial charge is 0.396 e. The van der Waals surface area contributed by atoms with E-state index in [-0.39, 0.29) is 22.4 Å². The molecule has 1 fully saturated rings. The first-order valence-corrected chi connectivity index (χ1v) is 8.25. The third-order valence-corrected chi connectivity index (χ3v) is 5.55. The number of nitrogens with one attached hydrogen (secondary N) is 1. The lowest BCUT2D eigenvalue weighted by Gasteiger charge is -2.30. The molecular formula is C12H18ClN3O3S. The van der Waals surface area contributed by atoms with Crippen LogP contribution in [0.4, 0.5) is 5.82 Å². The first-order chi connectivity index (χ1) is 9.48. The molecule has 1 aliphatic heterocycles. The molecule has 0 amide bonds. The predicted molar refractivity (Wildman–Crippen MR) is 77.4 cm³/mol. The Kier molecular flexibility index (Phi) is 4.85. The maximum Gasteiger partial charge on any atom is 0.244 e. The number of sulfonamides is 1. The van der Waals surface area contributed by atoms with E-state index in [0.29, 0.717) is 18.9 Å². The molecule has 1 aromatic rings. The standard InChI is InChI=1S/C12H18ClN3O3S/c1-14-12-11(13)5-10(6-15-12)20(18,19)16-4-2-3-9(7-16)8-17/h5-6,9,17H,2-4,7-8H2,1H3,(H,14,15). The maximum atomic E-state index is 12.5. The summed E-state index contributed by atoms with van der Waals surface area (Å²) >= 11 is 5.98. The van der Waals surface area contributed by atoms with Crippen LogP contribution in [0.25, 0.3) is 0 Å². The lowest BCUT2D eigenvalue weighted by Crippen LogP contribution is -2.40. The van der Waals surface area contributed by atoms with Gasteiger partial charge in [0.2, 0.25) is 10.0 Å². The van der Waals surface area contributed by atoms with Crippen LogP contribution < -0.4 is 5.32 Å². The highest BCUT2D eigenvalue weighted by molar-refractivity contribution is 7.89. The lowest BCUT2D eigenvalue weighted by atomic mass is 10.0. The molecule has 6 nitrogen and oxygen atoms in total. The fraction of sp³-hybridized carbons (Fsp3) is 0.583. The molecule has 8 heteroatoms. The van der Waals surface area contributed by atoms with E-state index < -0.39 is 10.0 Å². The summed E-state index contributed by atoms with van der Waals surface area (Å²) in [6.07, 6.45) is 2.90. The highest BCUT2D eigenvalue weighted by atomic mass is 35.5. The topological polar surface area (TPSA) is 82.5 Å². The fourth-order valence-electron chi connectivity index (χ4n) is 2.29. The molecule has 2 rings (SSSR count). The first-order valence-electron chi connectivity index (χ1n) is 6.43. The van der Waals surface area contributed by atoms with E-state index in [2.05, 4.69) is 10.3 Å². The fourth-order valence-corrected chi connectivity index (χ4v) is 4.14. The highest BCUT2D eigenvalue weighted by Gasteiger charge is 2.30. The van der Waals surface area contributed by atoms with Crippen molar-refractivity contribution < 1.29 is 13.5 Å². The lowest BCUT2D eigenvalue weighted by molar-refractivity contribution is 0.165. The second kappa shape index (κ2) is 6.26. The normalized spacial score (nSPS) is 20.9. The quantitative estimate of drug-likeness (QED) is 0.870. The summed E-state index contributed by atoms with van der Waals surface area (Å²) in [5, 5.41) is 12.2. The van der Waals surface area contributed by atoms with Crippen molar-refractivity contribution in [1.29, 1.82) is 0 Å². The van der Waals surface area contributed by atoms with Crippen LogP contribution in [0.1, 0.15) is 12.8 Å². The van der Waals surface area contributed by atoms with Gasteiger partial charge in [-0.25, -0.2) is 13.4 Å². The minimum Gasteiger partial charge on any atom is -0.396 e. The number of aliphatic hydroxyl groups is 1. The van der Waals surface area contributed by atoms with Gasteiger partial charge < -0.3 is 10.4 Å². The van der Waals surface area contributed by atoms with Gasteiger partial charge in [-0.3, -0.25) is 0 Å². The summed E-state index contributed by atoms with van der Waals surface area (Å²) in [5.41, 5.74) is 0. The number of piperidine rings is 1. The summed E-state index contributed by atoms with van der Waals surface area (Å²) in [7, 11) is -1.94. The number of pyridine rings is 1.